The minimum atomic E-state index is -0.433. The molecular weight excluding hydrogens is 430 g/mol. The van der Waals surface area contributed by atoms with Crippen LogP contribution in [0.25, 0.3) is 16.9 Å². The molecule has 7 heteroatoms. The minimum absolute atomic E-state index is 0.0319. The largest absolute Gasteiger partial charge is 0.455 e. The van der Waals surface area contributed by atoms with Crippen LogP contribution in [0.3, 0.4) is 0 Å². The van der Waals surface area contributed by atoms with E-state index >= 15 is 0 Å². The number of hydrogen-bond donors (Lipinski definition) is 1. The molecule has 1 aromatic heterocycles. The van der Waals surface area contributed by atoms with Crippen LogP contribution in [0.4, 0.5) is 5.82 Å². The highest BCUT2D eigenvalue weighted by molar-refractivity contribution is 5.93. The van der Waals surface area contributed by atoms with Crippen molar-refractivity contribution in [2.24, 2.45) is 17.8 Å². The zero-order valence-electron chi connectivity index (χ0n) is 18.9. The van der Waals surface area contributed by atoms with E-state index in [0.717, 1.165) is 36.2 Å². The van der Waals surface area contributed by atoms with Gasteiger partial charge in [-0.2, -0.15) is 5.10 Å². The van der Waals surface area contributed by atoms with E-state index in [1.165, 1.54) is 0 Å². The molecule has 174 valence electrons. The summed E-state index contributed by atoms with van der Waals surface area (Å²) >= 11 is 0. The number of aromatic nitrogens is 2. The summed E-state index contributed by atoms with van der Waals surface area (Å²) in [5.41, 5.74) is 2.45. The van der Waals surface area contributed by atoms with Crippen molar-refractivity contribution in [3.05, 3.63) is 66.7 Å². The number of ether oxygens (including phenoxy) is 1. The van der Waals surface area contributed by atoms with Crippen LogP contribution in [0.1, 0.15) is 32.1 Å². The van der Waals surface area contributed by atoms with Gasteiger partial charge in [0.15, 0.2) is 6.61 Å². The summed E-state index contributed by atoms with van der Waals surface area (Å²) in [4.78, 5) is 37.6. The number of Topliss-reactive ketones (excluding diaryl/α,β-unsaturated/α-hetero) is 1. The number of nitrogens with zero attached hydrogens (tertiary/aromatic N) is 2. The fourth-order valence-corrected chi connectivity index (χ4v) is 5.09. The number of ketones is 1. The van der Waals surface area contributed by atoms with E-state index in [2.05, 4.69) is 10.4 Å². The monoisotopic (exact) mass is 457 g/mol. The second-order valence-corrected chi connectivity index (χ2v) is 9.08. The van der Waals surface area contributed by atoms with Crippen molar-refractivity contribution in [2.45, 2.75) is 32.1 Å². The molecule has 2 fully saturated rings. The highest BCUT2D eigenvalue weighted by atomic mass is 16.5. The van der Waals surface area contributed by atoms with Gasteiger partial charge in [-0.25, -0.2) is 4.68 Å². The number of carbonyl (C=O) groups is 3. The van der Waals surface area contributed by atoms with Crippen molar-refractivity contribution in [1.29, 1.82) is 0 Å². The predicted molar refractivity (Wildman–Crippen MR) is 127 cm³/mol. The first-order chi connectivity index (χ1) is 16.6. The number of anilines is 1. The van der Waals surface area contributed by atoms with Crippen molar-refractivity contribution in [1.82, 2.24) is 9.78 Å². The Hall–Kier alpha value is -3.74. The summed E-state index contributed by atoms with van der Waals surface area (Å²) in [5.74, 6) is -0.398. The maximum Gasteiger partial charge on any atom is 0.309 e. The van der Waals surface area contributed by atoms with Crippen LogP contribution in [0.5, 0.6) is 0 Å². The average molecular weight is 458 g/mol. The molecule has 0 aliphatic heterocycles. The highest BCUT2D eigenvalue weighted by Crippen LogP contribution is 2.40. The number of benzene rings is 2. The maximum absolute atomic E-state index is 12.7. The van der Waals surface area contributed by atoms with Gasteiger partial charge in [-0.05, 0) is 37.8 Å². The fraction of sp³-hybridized carbons (Fsp3) is 0.333. The summed E-state index contributed by atoms with van der Waals surface area (Å²) in [7, 11) is 0. The molecule has 34 heavy (non-hydrogen) atoms. The van der Waals surface area contributed by atoms with Gasteiger partial charge in [-0.3, -0.25) is 14.4 Å². The Morgan fingerprint density at radius 2 is 1.62 bits per heavy atom. The number of para-hydroxylation sites is 1. The molecule has 0 spiro atoms. The van der Waals surface area contributed by atoms with Crippen LogP contribution < -0.4 is 5.32 Å². The van der Waals surface area contributed by atoms with E-state index in [0.29, 0.717) is 24.4 Å². The number of nitrogens with one attached hydrogen (secondary N) is 1. The first kappa shape index (κ1) is 22.1. The first-order valence-electron chi connectivity index (χ1n) is 11.8. The lowest BCUT2D eigenvalue weighted by atomic mass is 9.67. The van der Waals surface area contributed by atoms with Gasteiger partial charge in [-0.15, -0.1) is 0 Å². The van der Waals surface area contributed by atoms with Gasteiger partial charge >= 0.3 is 5.97 Å². The molecule has 1 N–H and O–H groups in total. The van der Waals surface area contributed by atoms with E-state index in [4.69, 9.17) is 4.74 Å². The minimum Gasteiger partial charge on any atom is -0.455 e. The molecule has 2 aromatic carbocycles. The van der Waals surface area contributed by atoms with E-state index in [-0.39, 0.29) is 30.3 Å². The Morgan fingerprint density at radius 3 is 2.29 bits per heavy atom. The quantitative estimate of drug-likeness (QED) is 0.554. The van der Waals surface area contributed by atoms with Crippen LogP contribution in [-0.4, -0.2) is 34.0 Å². The van der Waals surface area contributed by atoms with Gasteiger partial charge in [-0.1, -0.05) is 55.0 Å². The van der Waals surface area contributed by atoms with E-state index in [1.807, 2.05) is 60.7 Å². The number of hydrogen-bond acceptors (Lipinski definition) is 5. The maximum atomic E-state index is 12.7. The first-order valence-corrected chi connectivity index (χ1v) is 11.8. The van der Waals surface area contributed by atoms with Crippen molar-refractivity contribution < 1.29 is 19.1 Å². The second-order valence-electron chi connectivity index (χ2n) is 9.08. The Labute approximate surface area is 198 Å². The lowest BCUT2D eigenvalue weighted by Crippen LogP contribution is -2.40. The number of esters is 1. The topological polar surface area (TPSA) is 90.3 Å². The number of fused-ring (bicyclic) bond motifs is 2. The SMILES string of the molecule is O=C(COC(=O)C1C[C@H]2CCC[C@H](C1)C2=O)Nc1cc(-c2ccccc2)nn1-c1ccccc1. The Kier molecular flexibility index (Phi) is 6.25. The number of carbonyl (C=O) groups excluding carboxylic acids is 3. The van der Waals surface area contributed by atoms with Gasteiger partial charge in [0.25, 0.3) is 5.91 Å². The molecule has 3 aromatic rings. The zero-order chi connectivity index (χ0) is 23.5. The fourth-order valence-electron chi connectivity index (χ4n) is 5.09. The van der Waals surface area contributed by atoms with Crippen molar-refractivity contribution in [3.8, 4) is 16.9 Å². The Bertz CT molecular complexity index is 1170. The normalized spacial score (nSPS) is 21.6. The molecule has 0 saturated heterocycles. The molecular formula is C27H27N3O4. The van der Waals surface area contributed by atoms with Crippen LogP contribution in [0.15, 0.2) is 66.7 Å². The summed E-state index contributed by atoms with van der Waals surface area (Å²) in [6.45, 7) is -0.376. The van der Waals surface area contributed by atoms with Gasteiger partial charge in [0.1, 0.15) is 11.6 Å². The second kappa shape index (κ2) is 9.63. The van der Waals surface area contributed by atoms with Crippen molar-refractivity contribution in [3.63, 3.8) is 0 Å². The van der Waals surface area contributed by atoms with E-state index in [9.17, 15) is 14.4 Å². The number of amides is 1. The van der Waals surface area contributed by atoms with E-state index in [1.54, 1.807) is 10.7 Å². The molecule has 2 atom stereocenters. The summed E-state index contributed by atoms with van der Waals surface area (Å²) < 4.78 is 7.02. The van der Waals surface area contributed by atoms with Crippen LogP contribution in [-0.2, 0) is 19.1 Å². The molecule has 2 saturated carbocycles. The third-order valence-corrected chi connectivity index (χ3v) is 6.77. The predicted octanol–water partition coefficient (Wildman–Crippen LogP) is 4.42. The summed E-state index contributed by atoms with van der Waals surface area (Å²) in [6, 6.07) is 21.0. The van der Waals surface area contributed by atoms with Crippen molar-refractivity contribution >= 4 is 23.5 Å². The molecule has 0 radical (unpaired) electrons. The van der Waals surface area contributed by atoms with E-state index < -0.39 is 5.91 Å². The van der Waals surface area contributed by atoms with Gasteiger partial charge in [0, 0.05) is 23.5 Å². The zero-order valence-corrected chi connectivity index (χ0v) is 18.9. The lowest BCUT2D eigenvalue weighted by Gasteiger charge is -2.36. The molecule has 2 aliphatic carbocycles. The van der Waals surface area contributed by atoms with Crippen molar-refractivity contribution in [2.75, 3.05) is 11.9 Å². The highest BCUT2D eigenvalue weighted by Gasteiger charge is 2.41. The summed E-state index contributed by atoms with van der Waals surface area (Å²) in [6.07, 6.45) is 3.83. The lowest BCUT2D eigenvalue weighted by molar-refractivity contribution is -0.155. The third-order valence-electron chi connectivity index (χ3n) is 6.77. The van der Waals surface area contributed by atoms with Crippen LogP contribution in [0.2, 0.25) is 0 Å². The third kappa shape index (κ3) is 4.64. The van der Waals surface area contributed by atoms with Crippen LogP contribution >= 0.6 is 0 Å². The molecule has 7 nitrogen and oxygen atoms in total. The smallest absolute Gasteiger partial charge is 0.309 e. The molecule has 5 rings (SSSR count). The molecule has 2 bridgehead atoms. The van der Waals surface area contributed by atoms with Gasteiger partial charge < -0.3 is 10.1 Å². The van der Waals surface area contributed by atoms with Crippen LogP contribution in [0, 0.1) is 17.8 Å². The van der Waals surface area contributed by atoms with Gasteiger partial charge in [0.2, 0.25) is 0 Å². The standard InChI is InChI=1S/C27H27N3O4/c31-25(17-34-27(33)21-14-19-10-7-11-20(15-21)26(19)32)28-24-16-23(18-8-3-1-4-9-18)29-30(24)22-12-5-2-6-13-22/h1-6,8-9,12-13,16,19-21H,7,10-11,14-15,17H2,(H,28,31)/t19-,20-/m1/s1. The van der Waals surface area contributed by atoms with Gasteiger partial charge in [0.05, 0.1) is 17.3 Å². The molecule has 1 amide bonds. The Balaban J connectivity index is 1.26. The Morgan fingerprint density at radius 1 is 0.971 bits per heavy atom. The molecule has 0 unspecified atom stereocenters. The summed E-state index contributed by atoms with van der Waals surface area (Å²) in [5, 5.41) is 7.51. The number of rotatable bonds is 6. The molecule has 1 heterocycles. The average Bonchev–Trinajstić information content (AvgIpc) is 3.27. The molecule has 2 aliphatic rings.